The fourth-order valence-corrected chi connectivity index (χ4v) is 5.79. The minimum Gasteiger partial charge on any atom is -0.464 e. The summed E-state index contributed by atoms with van der Waals surface area (Å²) >= 11 is 13.7. The van der Waals surface area contributed by atoms with E-state index in [4.69, 9.17) is 37.8 Å². The van der Waals surface area contributed by atoms with Crippen LogP contribution in [0.25, 0.3) is 22.0 Å². The number of aromatic nitrogens is 4. The van der Waals surface area contributed by atoms with Gasteiger partial charge in [0.1, 0.15) is 5.52 Å². The Morgan fingerprint density at radius 2 is 1.95 bits per heavy atom. The van der Waals surface area contributed by atoms with Crippen LogP contribution in [-0.2, 0) is 27.2 Å². The average Bonchev–Trinajstić information content (AvgIpc) is 3.65. The van der Waals surface area contributed by atoms with Gasteiger partial charge in [-0.1, -0.05) is 35.3 Å². The highest BCUT2D eigenvalue weighted by atomic mass is 35.5. The number of hydrogen-bond donors (Lipinski definition) is 0. The van der Waals surface area contributed by atoms with Crippen molar-refractivity contribution in [2.75, 3.05) is 37.8 Å². The number of esters is 1. The highest BCUT2D eigenvalue weighted by molar-refractivity contribution is 6.42. The molecule has 8 nitrogen and oxygen atoms in total. The summed E-state index contributed by atoms with van der Waals surface area (Å²) in [5.74, 6) is -0.408. The molecule has 0 N–H and O–H groups in total. The molecule has 0 spiro atoms. The molecule has 0 saturated carbocycles. The number of hydrogen-bond acceptors (Lipinski definition) is 6. The van der Waals surface area contributed by atoms with E-state index in [1.807, 2.05) is 18.2 Å². The highest BCUT2D eigenvalue weighted by Crippen LogP contribution is 2.39. The van der Waals surface area contributed by atoms with Gasteiger partial charge in [-0.15, -0.1) is 0 Å². The summed E-state index contributed by atoms with van der Waals surface area (Å²) in [6.45, 7) is 6.15. The van der Waals surface area contributed by atoms with Gasteiger partial charge in [-0.05, 0) is 43.5 Å². The minimum atomic E-state index is -0.815. The smallest absolute Gasteiger partial charge is 0.337 e. The van der Waals surface area contributed by atoms with Crippen molar-refractivity contribution in [2.45, 2.75) is 32.4 Å². The second-order valence-electron chi connectivity index (χ2n) is 9.27. The van der Waals surface area contributed by atoms with E-state index in [0.717, 1.165) is 68.2 Å². The van der Waals surface area contributed by atoms with Gasteiger partial charge in [-0.3, -0.25) is 4.68 Å². The van der Waals surface area contributed by atoms with Crippen molar-refractivity contribution >= 4 is 45.8 Å². The standard InChI is InChI=1S/C27H27Cl2N5O3/c1-2-37-27(35)26(25-22-4-3-9-33(22)16-30-25)34-15-20-21(28)14-19(23(29)24(20)31-34)17-5-7-18(8-6-17)32-10-12-36-13-11-32/h5-8,14-16,26H,2-4,9-13H2,1H3. The van der Waals surface area contributed by atoms with Gasteiger partial charge in [0.15, 0.2) is 6.04 Å². The van der Waals surface area contributed by atoms with Gasteiger partial charge in [-0.25, -0.2) is 9.78 Å². The van der Waals surface area contributed by atoms with Crippen molar-refractivity contribution in [3.63, 3.8) is 0 Å². The van der Waals surface area contributed by atoms with E-state index in [1.165, 1.54) is 0 Å². The lowest BCUT2D eigenvalue weighted by molar-refractivity contribution is -0.146. The van der Waals surface area contributed by atoms with Crippen LogP contribution >= 0.6 is 23.2 Å². The lowest BCUT2D eigenvalue weighted by Crippen LogP contribution is -2.36. The van der Waals surface area contributed by atoms with Gasteiger partial charge in [0.2, 0.25) is 0 Å². The average molecular weight is 540 g/mol. The maximum absolute atomic E-state index is 13.1. The van der Waals surface area contributed by atoms with Gasteiger partial charge < -0.3 is 18.9 Å². The lowest BCUT2D eigenvalue weighted by Gasteiger charge is -2.29. The number of imidazole rings is 1. The van der Waals surface area contributed by atoms with E-state index >= 15 is 0 Å². The molecular weight excluding hydrogens is 513 g/mol. The van der Waals surface area contributed by atoms with Crippen LogP contribution in [0.15, 0.2) is 42.9 Å². The molecule has 2 aliphatic heterocycles. The molecule has 6 rings (SSSR count). The predicted octanol–water partition coefficient (Wildman–Crippen LogP) is 5.14. The monoisotopic (exact) mass is 539 g/mol. The Kier molecular flexibility index (Phi) is 6.56. The number of benzene rings is 2. The van der Waals surface area contributed by atoms with E-state index in [1.54, 1.807) is 24.1 Å². The highest BCUT2D eigenvalue weighted by Gasteiger charge is 2.33. The van der Waals surface area contributed by atoms with E-state index in [9.17, 15) is 4.79 Å². The van der Waals surface area contributed by atoms with Crippen LogP contribution in [0.4, 0.5) is 5.69 Å². The minimum absolute atomic E-state index is 0.262. The third kappa shape index (κ3) is 4.37. The predicted molar refractivity (Wildman–Crippen MR) is 144 cm³/mol. The van der Waals surface area contributed by atoms with Crippen LogP contribution in [0.5, 0.6) is 0 Å². The first-order valence-corrected chi connectivity index (χ1v) is 13.3. The Labute approximate surface area is 224 Å². The molecule has 0 bridgehead atoms. The zero-order valence-corrected chi connectivity index (χ0v) is 22.0. The van der Waals surface area contributed by atoms with Gasteiger partial charge in [0.25, 0.3) is 0 Å². The summed E-state index contributed by atoms with van der Waals surface area (Å²) in [4.78, 5) is 20.0. The quantitative estimate of drug-likeness (QED) is 0.316. The Morgan fingerprint density at radius 1 is 1.16 bits per heavy atom. The molecule has 0 amide bonds. The zero-order chi connectivity index (χ0) is 25.5. The van der Waals surface area contributed by atoms with Crippen LogP contribution in [0.2, 0.25) is 10.0 Å². The fourth-order valence-electron chi connectivity index (χ4n) is 5.24. The number of carbonyl (C=O) groups excluding carboxylic acids is 1. The number of carbonyl (C=O) groups is 1. The van der Waals surface area contributed by atoms with Crippen LogP contribution in [0, 0.1) is 0 Å². The first-order chi connectivity index (χ1) is 18.0. The molecule has 2 aliphatic rings. The van der Waals surface area contributed by atoms with Gasteiger partial charge in [-0.2, -0.15) is 5.10 Å². The third-order valence-corrected chi connectivity index (χ3v) is 7.78. The summed E-state index contributed by atoms with van der Waals surface area (Å²) in [6, 6.07) is 9.30. The molecule has 1 fully saturated rings. The summed E-state index contributed by atoms with van der Waals surface area (Å²) < 4.78 is 14.6. The normalized spacial score (nSPS) is 16.2. The van der Waals surface area contributed by atoms with Crippen molar-refractivity contribution in [1.29, 1.82) is 0 Å². The molecule has 1 atom stereocenters. The third-order valence-electron chi connectivity index (χ3n) is 7.08. The number of rotatable bonds is 6. The molecule has 1 unspecified atom stereocenters. The fraction of sp³-hybridized carbons (Fsp3) is 0.370. The summed E-state index contributed by atoms with van der Waals surface area (Å²) in [7, 11) is 0. The second kappa shape index (κ2) is 10.0. The van der Waals surface area contributed by atoms with E-state index in [2.05, 4.69) is 26.6 Å². The summed E-state index contributed by atoms with van der Waals surface area (Å²) in [5.41, 5.74) is 5.10. The molecule has 192 valence electrons. The molecule has 4 aromatic rings. The largest absolute Gasteiger partial charge is 0.464 e. The summed E-state index contributed by atoms with van der Waals surface area (Å²) in [5, 5.41) is 6.43. The number of ether oxygens (including phenoxy) is 2. The van der Waals surface area contributed by atoms with E-state index < -0.39 is 12.0 Å². The molecule has 2 aromatic heterocycles. The Hall–Kier alpha value is -3.07. The van der Waals surface area contributed by atoms with Crippen molar-refractivity contribution in [2.24, 2.45) is 0 Å². The van der Waals surface area contributed by atoms with Crippen LogP contribution in [0.3, 0.4) is 0 Å². The molecule has 4 heterocycles. The topological polar surface area (TPSA) is 74.4 Å². The molecule has 0 radical (unpaired) electrons. The van der Waals surface area contributed by atoms with Crippen molar-refractivity contribution in [3.05, 3.63) is 64.3 Å². The molecule has 10 heteroatoms. The molecule has 0 aliphatic carbocycles. The maximum Gasteiger partial charge on any atom is 0.337 e. The molecule has 2 aromatic carbocycles. The molecular formula is C27H27Cl2N5O3. The van der Waals surface area contributed by atoms with E-state index in [0.29, 0.717) is 26.6 Å². The van der Waals surface area contributed by atoms with Crippen LogP contribution in [-0.4, -0.2) is 58.2 Å². The van der Waals surface area contributed by atoms with Crippen LogP contribution < -0.4 is 4.90 Å². The number of aryl methyl sites for hydroxylation is 1. The summed E-state index contributed by atoms with van der Waals surface area (Å²) in [6.07, 6.45) is 5.42. The molecule has 1 saturated heterocycles. The number of fused-ring (bicyclic) bond motifs is 2. The first-order valence-electron chi connectivity index (χ1n) is 12.6. The lowest BCUT2D eigenvalue weighted by atomic mass is 10.0. The van der Waals surface area contributed by atoms with Gasteiger partial charge in [0.05, 0.1) is 41.9 Å². The zero-order valence-electron chi connectivity index (χ0n) is 20.5. The van der Waals surface area contributed by atoms with Gasteiger partial charge in [0, 0.05) is 48.2 Å². The van der Waals surface area contributed by atoms with Crippen molar-refractivity contribution in [3.8, 4) is 11.1 Å². The van der Waals surface area contributed by atoms with Crippen molar-refractivity contribution in [1.82, 2.24) is 19.3 Å². The number of nitrogens with zero attached hydrogens (tertiary/aromatic N) is 5. The first kappa shape index (κ1) is 24.3. The Bertz CT molecular complexity index is 1460. The maximum atomic E-state index is 13.1. The molecule has 37 heavy (non-hydrogen) atoms. The Balaban J connectivity index is 1.40. The number of anilines is 1. The Morgan fingerprint density at radius 3 is 2.70 bits per heavy atom. The van der Waals surface area contributed by atoms with Crippen molar-refractivity contribution < 1.29 is 14.3 Å². The van der Waals surface area contributed by atoms with Gasteiger partial charge >= 0.3 is 5.97 Å². The second-order valence-corrected chi connectivity index (χ2v) is 10.1. The number of halogens is 2. The van der Waals surface area contributed by atoms with E-state index in [-0.39, 0.29) is 6.61 Å². The number of morpholine rings is 1. The SMILES string of the molecule is CCOC(=O)C(c1ncn2c1CCC2)n1cc2c(Cl)cc(-c3ccc(N4CCOCC4)cc3)c(Cl)c2n1. The van der Waals surface area contributed by atoms with Crippen LogP contribution in [0.1, 0.15) is 30.8 Å².